The highest BCUT2D eigenvalue weighted by molar-refractivity contribution is 6.30. The van der Waals surface area contributed by atoms with Crippen molar-refractivity contribution in [1.29, 1.82) is 0 Å². The van der Waals surface area contributed by atoms with Crippen LogP contribution in [-0.4, -0.2) is 59.3 Å². The van der Waals surface area contributed by atoms with Gasteiger partial charge in [0.05, 0.1) is 6.54 Å². The number of nitrogens with zero attached hydrogens (tertiary/aromatic N) is 4. The molecule has 2 heterocycles. The van der Waals surface area contributed by atoms with Gasteiger partial charge in [-0.1, -0.05) is 23.7 Å². The van der Waals surface area contributed by atoms with E-state index in [1.165, 1.54) is 0 Å². The number of aromatic nitrogens is 2. The van der Waals surface area contributed by atoms with Crippen LogP contribution in [0, 0.1) is 0 Å². The molecule has 0 amide bonds. The summed E-state index contributed by atoms with van der Waals surface area (Å²) in [6.07, 6.45) is 0.810. The molecular formula is C17H23ClN4O2. The van der Waals surface area contributed by atoms with Crippen molar-refractivity contribution in [3.8, 4) is 5.75 Å². The van der Waals surface area contributed by atoms with Crippen LogP contribution in [-0.2, 0) is 13.0 Å². The van der Waals surface area contributed by atoms with Crippen LogP contribution in [0.25, 0.3) is 0 Å². The smallest absolute Gasteiger partial charge is 0.240 e. The van der Waals surface area contributed by atoms with Crippen molar-refractivity contribution in [2.45, 2.75) is 19.9 Å². The van der Waals surface area contributed by atoms with E-state index in [1.807, 2.05) is 31.2 Å². The Hall–Kier alpha value is -1.63. The first-order chi connectivity index (χ1) is 11.7. The molecule has 0 N–H and O–H groups in total. The number of rotatable bonds is 7. The summed E-state index contributed by atoms with van der Waals surface area (Å²) in [6.45, 7) is 8.44. The van der Waals surface area contributed by atoms with Crippen LogP contribution in [0.2, 0.25) is 5.02 Å². The van der Waals surface area contributed by atoms with E-state index in [2.05, 4.69) is 19.9 Å². The lowest BCUT2D eigenvalue weighted by atomic mass is 10.3. The van der Waals surface area contributed by atoms with Gasteiger partial charge in [0.1, 0.15) is 12.4 Å². The molecule has 3 rings (SSSR count). The standard InChI is InChI=1S/C17H23ClN4O2/c1-2-16-19-17(24-20-16)13-22-9-7-21(8-10-22)11-12-23-15-5-3-14(18)4-6-15/h3-6H,2,7-13H2,1H3. The van der Waals surface area contributed by atoms with Gasteiger partial charge in [0.25, 0.3) is 0 Å². The predicted octanol–water partition coefficient (Wildman–Crippen LogP) is 2.48. The molecule has 7 heteroatoms. The van der Waals surface area contributed by atoms with Gasteiger partial charge in [-0.2, -0.15) is 4.98 Å². The molecule has 0 saturated carbocycles. The summed E-state index contributed by atoms with van der Waals surface area (Å²) in [5.74, 6) is 2.36. The summed E-state index contributed by atoms with van der Waals surface area (Å²) in [4.78, 5) is 9.13. The van der Waals surface area contributed by atoms with Crippen molar-refractivity contribution in [2.24, 2.45) is 0 Å². The van der Waals surface area contributed by atoms with Gasteiger partial charge in [0.2, 0.25) is 5.89 Å². The van der Waals surface area contributed by atoms with E-state index in [-0.39, 0.29) is 0 Å². The minimum absolute atomic E-state index is 0.686. The van der Waals surface area contributed by atoms with E-state index >= 15 is 0 Å². The van der Waals surface area contributed by atoms with Crippen LogP contribution in [0.1, 0.15) is 18.6 Å². The van der Waals surface area contributed by atoms with Crippen LogP contribution in [0.5, 0.6) is 5.75 Å². The van der Waals surface area contributed by atoms with Crippen LogP contribution in [0.4, 0.5) is 0 Å². The van der Waals surface area contributed by atoms with Crippen molar-refractivity contribution in [1.82, 2.24) is 19.9 Å². The topological polar surface area (TPSA) is 54.6 Å². The highest BCUT2D eigenvalue weighted by atomic mass is 35.5. The quantitative estimate of drug-likeness (QED) is 0.764. The van der Waals surface area contributed by atoms with E-state index in [0.29, 0.717) is 12.5 Å². The van der Waals surface area contributed by atoms with Crippen LogP contribution < -0.4 is 4.74 Å². The van der Waals surface area contributed by atoms with Crippen LogP contribution >= 0.6 is 11.6 Å². The Morgan fingerprint density at radius 1 is 1.12 bits per heavy atom. The lowest BCUT2D eigenvalue weighted by Gasteiger charge is -2.33. The second-order valence-corrected chi connectivity index (χ2v) is 6.31. The fraction of sp³-hybridized carbons (Fsp3) is 0.529. The summed E-state index contributed by atoms with van der Waals surface area (Å²) in [5.41, 5.74) is 0. The molecule has 6 nitrogen and oxygen atoms in total. The Kier molecular flexibility index (Phi) is 6.07. The molecule has 1 aliphatic rings. The molecule has 1 fully saturated rings. The largest absolute Gasteiger partial charge is 0.492 e. The molecule has 130 valence electrons. The zero-order chi connectivity index (χ0) is 16.8. The van der Waals surface area contributed by atoms with Gasteiger partial charge in [-0.25, -0.2) is 0 Å². The Morgan fingerprint density at radius 2 is 1.83 bits per heavy atom. The van der Waals surface area contributed by atoms with Crippen LogP contribution in [0.3, 0.4) is 0 Å². The number of benzene rings is 1. The number of ether oxygens (including phenoxy) is 1. The van der Waals surface area contributed by atoms with Gasteiger partial charge in [0, 0.05) is 44.2 Å². The van der Waals surface area contributed by atoms with Gasteiger partial charge in [0.15, 0.2) is 5.82 Å². The van der Waals surface area contributed by atoms with Gasteiger partial charge >= 0.3 is 0 Å². The average Bonchev–Trinajstić information content (AvgIpc) is 3.06. The highest BCUT2D eigenvalue weighted by Crippen LogP contribution is 2.15. The highest BCUT2D eigenvalue weighted by Gasteiger charge is 2.18. The molecule has 0 spiro atoms. The van der Waals surface area contributed by atoms with E-state index in [1.54, 1.807) is 0 Å². The van der Waals surface area contributed by atoms with Gasteiger partial charge < -0.3 is 9.26 Å². The Bertz CT molecular complexity index is 624. The number of piperazine rings is 1. The Labute approximate surface area is 147 Å². The molecule has 0 atom stereocenters. The third-order valence-electron chi connectivity index (χ3n) is 4.14. The minimum Gasteiger partial charge on any atom is -0.492 e. The molecule has 0 radical (unpaired) electrons. The van der Waals surface area contributed by atoms with Crippen molar-refractivity contribution >= 4 is 11.6 Å². The van der Waals surface area contributed by atoms with Crippen molar-refractivity contribution in [2.75, 3.05) is 39.3 Å². The Morgan fingerprint density at radius 3 is 2.50 bits per heavy atom. The number of hydrogen-bond donors (Lipinski definition) is 0. The van der Waals surface area contributed by atoms with Crippen molar-refractivity contribution < 1.29 is 9.26 Å². The first kappa shape index (κ1) is 17.2. The fourth-order valence-electron chi connectivity index (χ4n) is 2.68. The number of halogens is 1. The van der Waals surface area contributed by atoms with E-state index in [4.69, 9.17) is 20.9 Å². The normalized spacial score (nSPS) is 16.4. The average molecular weight is 351 g/mol. The molecule has 1 aromatic heterocycles. The summed E-state index contributed by atoms with van der Waals surface area (Å²) >= 11 is 5.87. The van der Waals surface area contributed by atoms with Crippen LogP contribution in [0.15, 0.2) is 28.8 Å². The minimum atomic E-state index is 0.686. The van der Waals surface area contributed by atoms with Gasteiger partial charge in [-0.05, 0) is 24.3 Å². The molecule has 2 aromatic rings. The van der Waals surface area contributed by atoms with E-state index in [0.717, 1.165) is 62.3 Å². The molecule has 1 aromatic carbocycles. The molecular weight excluding hydrogens is 328 g/mol. The van der Waals surface area contributed by atoms with E-state index in [9.17, 15) is 0 Å². The SMILES string of the molecule is CCc1noc(CN2CCN(CCOc3ccc(Cl)cc3)CC2)n1. The lowest BCUT2D eigenvalue weighted by molar-refractivity contribution is 0.104. The third kappa shape index (κ3) is 4.93. The summed E-state index contributed by atoms with van der Waals surface area (Å²) in [5, 5.41) is 4.67. The maximum absolute atomic E-state index is 5.87. The molecule has 1 saturated heterocycles. The predicted molar refractivity (Wildman–Crippen MR) is 92.3 cm³/mol. The second kappa shape index (κ2) is 8.46. The molecule has 0 aliphatic carbocycles. The molecule has 24 heavy (non-hydrogen) atoms. The number of hydrogen-bond acceptors (Lipinski definition) is 6. The third-order valence-corrected chi connectivity index (χ3v) is 4.39. The number of aryl methyl sites for hydroxylation is 1. The maximum atomic E-state index is 5.87. The lowest BCUT2D eigenvalue weighted by Crippen LogP contribution is -2.47. The monoisotopic (exact) mass is 350 g/mol. The summed E-state index contributed by atoms with van der Waals surface area (Å²) in [7, 11) is 0. The van der Waals surface area contributed by atoms with Crippen molar-refractivity contribution in [3.05, 3.63) is 41.0 Å². The van der Waals surface area contributed by atoms with E-state index < -0.39 is 0 Å². The van der Waals surface area contributed by atoms with Gasteiger partial charge in [-0.15, -0.1) is 0 Å². The zero-order valence-electron chi connectivity index (χ0n) is 13.9. The molecule has 0 bridgehead atoms. The molecule has 0 unspecified atom stereocenters. The first-order valence-corrected chi connectivity index (χ1v) is 8.75. The van der Waals surface area contributed by atoms with Gasteiger partial charge in [-0.3, -0.25) is 9.80 Å². The summed E-state index contributed by atoms with van der Waals surface area (Å²) < 4.78 is 11.0. The zero-order valence-corrected chi connectivity index (χ0v) is 14.7. The summed E-state index contributed by atoms with van der Waals surface area (Å²) in [6, 6.07) is 7.48. The maximum Gasteiger partial charge on any atom is 0.240 e. The van der Waals surface area contributed by atoms with Crippen molar-refractivity contribution in [3.63, 3.8) is 0 Å². The first-order valence-electron chi connectivity index (χ1n) is 8.37. The molecule has 1 aliphatic heterocycles. The second-order valence-electron chi connectivity index (χ2n) is 5.88. The Balaban J connectivity index is 1.35. The fourth-order valence-corrected chi connectivity index (χ4v) is 2.81.